The van der Waals surface area contributed by atoms with Crippen LogP contribution in [0.1, 0.15) is 55.4 Å². The van der Waals surface area contributed by atoms with Gasteiger partial charge in [0.05, 0.1) is 6.54 Å². The highest BCUT2D eigenvalue weighted by Gasteiger charge is 2.17. The minimum absolute atomic E-state index is 0.155. The molecule has 1 unspecified atom stereocenters. The molecule has 3 aromatic carbocycles. The number of nitrogens with zero attached hydrogens (tertiary/aromatic N) is 6. The Labute approximate surface area is 205 Å². The maximum atomic E-state index is 4.96. The van der Waals surface area contributed by atoms with Crippen molar-refractivity contribution < 1.29 is 0 Å². The number of tetrazole rings is 1. The Hall–Kier alpha value is -4.13. The van der Waals surface area contributed by atoms with E-state index < -0.39 is 0 Å². The number of aromatic amines is 1. The summed E-state index contributed by atoms with van der Waals surface area (Å²) in [7, 11) is 0. The number of unbranched alkanes of at least 4 members (excludes halogenated alkanes) is 1. The van der Waals surface area contributed by atoms with Crippen LogP contribution in [0.15, 0.2) is 78.9 Å². The van der Waals surface area contributed by atoms with Crippen molar-refractivity contribution in [1.29, 1.82) is 0 Å². The topological polar surface area (TPSA) is 85.2 Å². The van der Waals surface area contributed by atoms with E-state index in [1.165, 1.54) is 11.1 Å². The summed E-state index contributed by atoms with van der Waals surface area (Å²) in [4.78, 5) is 4.96. The van der Waals surface area contributed by atoms with Gasteiger partial charge in [0, 0.05) is 17.9 Å². The van der Waals surface area contributed by atoms with Crippen molar-refractivity contribution in [2.45, 2.75) is 45.6 Å². The first-order chi connectivity index (χ1) is 17.2. The van der Waals surface area contributed by atoms with Crippen molar-refractivity contribution in [3.05, 3.63) is 102 Å². The van der Waals surface area contributed by atoms with Crippen LogP contribution < -0.4 is 0 Å². The molecule has 0 radical (unpaired) electrons. The average molecular weight is 464 g/mol. The van der Waals surface area contributed by atoms with Crippen molar-refractivity contribution >= 4 is 0 Å². The number of hydrogen-bond donors (Lipinski definition) is 1. The highest BCUT2D eigenvalue weighted by atomic mass is 15.5. The van der Waals surface area contributed by atoms with Crippen LogP contribution in [-0.4, -0.2) is 35.4 Å². The van der Waals surface area contributed by atoms with Gasteiger partial charge in [0.2, 0.25) is 0 Å². The standard InChI is InChI=1S/C28H29N7/c1-3-4-14-26-29-27(20(2)22-10-6-5-7-11-22)32-35(26)19-21-15-17-23(18-16-21)24-12-8-9-13-25(24)28-30-33-34-31-28/h5-13,15-18,20H,3-4,14,19H2,1-2H3,(H,30,31,33,34). The van der Waals surface area contributed by atoms with Crippen molar-refractivity contribution in [2.24, 2.45) is 0 Å². The van der Waals surface area contributed by atoms with Crippen LogP contribution in [0.5, 0.6) is 0 Å². The van der Waals surface area contributed by atoms with Crippen LogP contribution in [0.4, 0.5) is 0 Å². The summed E-state index contributed by atoms with van der Waals surface area (Å²) < 4.78 is 2.08. The molecule has 2 heterocycles. The lowest BCUT2D eigenvalue weighted by atomic mass is 9.98. The number of nitrogens with one attached hydrogen (secondary N) is 1. The minimum atomic E-state index is 0.155. The van der Waals surface area contributed by atoms with E-state index in [1.54, 1.807) is 0 Å². The van der Waals surface area contributed by atoms with E-state index >= 15 is 0 Å². The van der Waals surface area contributed by atoms with E-state index in [9.17, 15) is 0 Å². The van der Waals surface area contributed by atoms with Gasteiger partial charge < -0.3 is 0 Å². The lowest BCUT2D eigenvalue weighted by Crippen LogP contribution is -2.07. The van der Waals surface area contributed by atoms with Gasteiger partial charge in [-0.25, -0.2) is 14.8 Å². The van der Waals surface area contributed by atoms with Crippen molar-refractivity contribution in [2.75, 3.05) is 0 Å². The molecule has 0 aliphatic rings. The molecule has 0 saturated heterocycles. The second kappa shape index (κ2) is 10.4. The predicted molar refractivity (Wildman–Crippen MR) is 137 cm³/mol. The Morgan fingerprint density at radius 3 is 2.34 bits per heavy atom. The fourth-order valence-electron chi connectivity index (χ4n) is 4.29. The molecule has 0 fully saturated rings. The van der Waals surface area contributed by atoms with Gasteiger partial charge in [-0.3, -0.25) is 0 Å². The fourth-order valence-corrected chi connectivity index (χ4v) is 4.29. The summed E-state index contributed by atoms with van der Waals surface area (Å²) in [5.41, 5.74) is 5.60. The molecule has 7 heteroatoms. The van der Waals surface area contributed by atoms with E-state index in [4.69, 9.17) is 10.1 Å². The predicted octanol–water partition coefficient (Wildman–Crippen LogP) is 5.67. The first-order valence-corrected chi connectivity index (χ1v) is 12.1. The number of aryl methyl sites for hydroxylation is 1. The summed E-state index contributed by atoms with van der Waals surface area (Å²) >= 11 is 0. The summed E-state index contributed by atoms with van der Waals surface area (Å²) in [6.07, 6.45) is 3.16. The first-order valence-electron chi connectivity index (χ1n) is 12.1. The van der Waals surface area contributed by atoms with Crippen LogP contribution in [0.2, 0.25) is 0 Å². The number of benzene rings is 3. The molecule has 0 aliphatic heterocycles. The Morgan fingerprint density at radius 2 is 1.63 bits per heavy atom. The largest absolute Gasteiger partial charge is 0.245 e. The molecule has 1 N–H and O–H groups in total. The Bertz CT molecular complexity index is 1360. The van der Waals surface area contributed by atoms with Crippen molar-refractivity contribution in [1.82, 2.24) is 35.4 Å². The maximum absolute atomic E-state index is 4.96. The molecule has 0 amide bonds. The molecule has 1 atom stereocenters. The zero-order valence-corrected chi connectivity index (χ0v) is 20.1. The summed E-state index contributed by atoms with van der Waals surface area (Å²) in [5.74, 6) is 2.75. The van der Waals surface area contributed by atoms with Gasteiger partial charge in [-0.05, 0) is 39.1 Å². The summed E-state index contributed by atoms with van der Waals surface area (Å²) in [6.45, 7) is 5.08. The molecule has 0 bridgehead atoms. The molecule has 176 valence electrons. The molecule has 5 rings (SSSR count). The van der Waals surface area contributed by atoms with Crippen LogP contribution in [-0.2, 0) is 13.0 Å². The highest BCUT2D eigenvalue weighted by molar-refractivity contribution is 5.80. The zero-order chi connectivity index (χ0) is 24.0. The van der Waals surface area contributed by atoms with Crippen LogP contribution in [0.3, 0.4) is 0 Å². The molecule has 2 aromatic heterocycles. The van der Waals surface area contributed by atoms with Crippen molar-refractivity contribution in [3.8, 4) is 22.5 Å². The third-order valence-corrected chi connectivity index (χ3v) is 6.33. The van der Waals surface area contributed by atoms with Crippen LogP contribution in [0, 0.1) is 0 Å². The van der Waals surface area contributed by atoms with E-state index in [-0.39, 0.29) is 5.92 Å². The highest BCUT2D eigenvalue weighted by Crippen LogP contribution is 2.30. The number of hydrogen-bond acceptors (Lipinski definition) is 5. The second-order valence-electron chi connectivity index (χ2n) is 8.77. The third kappa shape index (κ3) is 5.04. The van der Waals surface area contributed by atoms with Gasteiger partial charge in [-0.2, -0.15) is 5.10 Å². The van der Waals surface area contributed by atoms with Crippen molar-refractivity contribution in [3.63, 3.8) is 0 Å². The van der Waals surface area contributed by atoms with Crippen LogP contribution >= 0.6 is 0 Å². The quantitative estimate of drug-likeness (QED) is 0.304. The molecule has 7 nitrogen and oxygen atoms in total. The third-order valence-electron chi connectivity index (χ3n) is 6.33. The molecule has 0 spiro atoms. The first kappa shape index (κ1) is 22.7. The van der Waals surface area contributed by atoms with E-state index in [2.05, 4.69) is 93.8 Å². The summed E-state index contributed by atoms with van der Waals surface area (Å²) in [5, 5.41) is 19.3. The SMILES string of the molecule is CCCCc1nc(C(C)c2ccccc2)nn1Cc1ccc(-c2ccccc2-c2nnn[nH]2)cc1. The van der Waals surface area contributed by atoms with Gasteiger partial charge in [0.15, 0.2) is 11.6 Å². The Balaban J connectivity index is 1.40. The van der Waals surface area contributed by atoms with Gasteiger partial charge in [0.25, 0.3) is 0 Å². The normalized spacial score (nSPS) is 12.1. The number of rotatable bonds is 9. The molecular weight excluding hydrogens is 434 g/mol. The lowest BCUT2D eigenvalue weighted by molar-refractivity contribution is 0.612. The molecule has 0 aliphatic carbocycles. The minimum Gasteiger partial charge on any atom is -0.245 e. The smallest absolute Gasteiger partial charge is 0.180 e. The fraction of sp³-hybridized carbons (Fsp3) is 0.250. The van der Waals surface area contributed by atoms with E-state index in [0.717, 1.165) is 47.6 Å². The Kier molecular flexibility index (Phi) is 6.75. The molecule has 0 saturated carbocycles. The number of aromatic nitrogens is 7. The summed E-state index contributed by atoms with van der Waals surface area (Å²) in [6, 6.07) is 27.2. The molecule has 35 heavy (non-hydrogen) atoms. The van der Waals surface area contributed by atoms with Crippen LogP contribution in [0.25, 0.3) is 22.5 Å². The van der Waals surface area contributed by atoms with Gasteiger partial charge >= 0.3 is 0 Å². The lowest BCUT2D eigenvalue weighted by Gasteiger charge is -2.10. The molecule has 5 aromatic rings. The van der Waals surface area contributed by atoms with E-state index in [0.29, 0.717) is 12.4 Å². The monoisotopic (exact) mass is 463 g/mol. The average Bonchev–Trinajstić information content (AvgIpc) is 3.59. The second-order valence-corrected chi connectivity index (χ2v) is 8.77. The molecular formula is C28H29N7. The van der Waals surface area contributed by atoms with Gasteiger partial charge in [-0.15, -0.1) is 5.10 Å². The maximum Gasteiger partial charge on any atom is 0.180 e. The van der Waals surface area contributed by atoms with Gasteiger partial charge in [-0.1, -0.05) is 99.1 Å². The van der Waals surface area contributed by atoms with Gasteiger partial charge in [0.1, 0.15) is 5.82 Å². The number of H-pyrrole nitrogens is 1. The zero-order valence-electron chi connectivity index (χ0n) is 20.1. The van der Waals surface area contributed by atoms with E-state index in [1.807, 2.05) is 24.3 Å². The Morgan fingerprint density at radius 1 is 0.886 bits per heavy atom.